The quantitative estimate of drug-likeness (QED) is 0.778. The van der Waals surface area contributed by atoms with Crippen LogP contribution in [0.3, 0.4) is 0 Å². The van der Waals surface area contributed by atoms with Crippen LogP contribution >= 0.6 is 0 Å². The number of carbonyl (C=O) groups excluding carboxylic acids is 1. The zero-order chi connectivity index (χ0) is 20.2. The summed E-state index contributed by atoms with van der Waals surface area (Å²) in [5.74, 6) is -0.250. The lowest BCUT2D eigenvalue weighted by Gasteiger charge is -2.49. The van der Waals surface area contributed by atoms with Crippen LogP contribution in [0.25, 0.3) is 0 Å². The number of aryl methyl sites for hydroxylation is 2. The standard InChI is InChI=1S/C19H23N5O4S/c1-12-5-7-20-18(21-12)28-9-13-6-8-29(26,27)19(13)10-24(11-19)17(25)16-14-3-2-4-15(14)22-23-16/h5,7,13H,2-4,6,8-11H2,1H3,(H,22,23). The van der Waals surface area contributed by atoms with Crippen LogP contribution in [0.5, 0.6) is 6.01 Å². The second kappa shape index (κ2) is 6.51. The lowest BCUT2D eigenvalue weighted by molar-refractivity contribution is 0.0397. The average Bonchev–Trinajstić information content (AvgIpc) is 3.31. The SMILES string of the molecule is Cc1ccnc(OCC2CCS(=O)(=O)C23CN(C(=O)c2n[nH]c4c2CCC4)C3)n1. The van der Waals surface area contributed by atoms with Gasteiger partial charge in [-0.25, -0.2) is 18.4 Å². The molecule has 1 N–H and O–H groups in total. The second-order valence-electron chi connectivity index (χ2n) is 8.20. The number of hydrogen-bond donors (Lipinski definition) is 1. The predicted octanol–water partition coefficient (Wildman–Crippen LogP) is 0.705. The van der Waals surface area contributed by atoms with E-state index in [1.165, 1.54) is 0 Å². The lowest BCUT2D eigenvalue weighted by Crippen LogP contribution is -2.69. The van der Waals surface area contributed by atoms with Gasteiger partial charge in [-0.3, -0.25) is 9.89 Å². The van der Waals surface area contributed by atoms with E-state index >= 15 is 0 Å². The first-order valence-corrected chi connectivity index (χ1v) is 11.5. The molecule has 1 amide bonds. The van der Waals surface area contributed by atoms with Gasteiger partial charge in [-0.05, 0) is 38.7 Å². The molecule has 0 bridgehead atoms. The van der Waals surface area contributed by atoms with Crippen LogP contribution in [-0.2, 0) is 22.7 Å². The van der Waals surface area contributed by atoms with Crippen LogP contribution in [0, 0.1) is 12.8 Å². The van der Waals surface area contributed by atoms with Crippen LogP contribution in [0.15, 0.2) is 12.3 Å². The van der Waals surface area contributed by atoms with Crippen molar-refractivity contribution < 1.29 is 17.9 Å². The molecule has 5 rings (SSSR count). The van der Waals surface area contributed by atoms with E-state index in [-0.39, 0.29) is 43.3 Å². The normalized spacial score (nSPS) is 23.8. The van der Waals surface area contributed by atoms with Gasteiger partial charge >= 0.3 is 6.01 Å². The van der Waals surface area contributed by atoms with E-state index in [1.54, 1.807) is 17.2 Å². The fraction of sp³-hybridized carbons (Fsp3) is 0.579. The van der Waals surface area contributed by atoms with Gasteiger partial charge in [-0.2, -0.15) is 5.10 Å². The van der Waals surface area contributed by atoms with Crippen LogP contribution < -0.4 is 4.74 Å². The van der Waals surface area contributed by atoms with E-state index in [4.69, 9.17) is 4.74 Å². The molecule has 1 atom stereocenters. The highest BCUT2D eigenvalue weighted by Gasteiger charge is 2.63. The number of ether oxygens (including phenoxy) is 1. The Morgan fingerprint density at radius 1 is 1.38 bits per heavy atom. The van der Waals surface area contributed by atoms with Crippen molar-refractivity contribution in [2.45, 2.75) is 37.4 Å². The van der Waals surface area contributed by atoms with Gasteiger partial charge in [0.1, 0.15) is 4.75 Å². The van der Waals surface area contributed by atoms with Crippen molar-refractivity contribution in [1.29, 1.82) is 0 Å². The minimum Gasteiger partial charge on any atom is -0.463 e. The molecule has 1 spiro atoms. The van der Waals surface area contributed by atoms with Gasteiger partial charge in [0.05, 0.1) is 12.4 Å². The number of aromatic nitrogens is 4. The van der Waals surface area contributed by atoms with E-state index in [1.807, 2.05) is 6.92 Å². The molecule has 10 heteroatoms. The molecule has 2 aromatic rings. The lowest BCUT2D eigenvalue weighted by atomic mass is 9.83. The highest BCUT2D eigenvalue weighted by atomic mass is 32.2. The molecule has 29 heavy (non-hydrogen) atoms. The molecule has 2 aliphatic heterocycles. The number of nitrogens with one attached hydrogen (secondary N) is 1. The molecule has 2 saturated heterocycles. The van der Waals surface area contributed by atoms with Gasteiger partial charge in [-0.15, -0.1) is 0 Å². The monoisotopic (exact) mass is 417 g/mol. The van der Waals surface area contributed by atoms with Crippen LogP contribution in [0.4, 0.5) is 0 Å². The Labute approximate surface area is 168 Å². The van der Waals surface area contributed by atoms with Gasteiger partial charge < -0.3 is 9.64 Å². The molecular formula is C19H23N5O4S. The number of hydrogen-bond acceptors (Lipinski definition) is 7. The summed E-state index contributed by atoms with van der Waals surface area (Å²) >= 11 is 0. The Morgan fingerprint density at radius 3 is 3.00 bits per heavy atom. The number of rotatable bonds is 4. The minimum atomic E-state index is -3.30. The van der Waals surface area contributed by atoms with E-state index < -0.39 is 14.6 Å². The van der Waals surface area contributed by atoms with Gasteiger partial charge in [0.2, 0.25) is 0 Å². The number of H-pyrrole nitrogens is 1. The summed E-state index contributed by atoms with van der Waals surface area (Å²) in [6.07, 6.45) is 4.91. The summed E-state index contributed by atoms with van der Waals surface area (Å²) in [4.78, 5) is 22.8. The van der Waals surface area contributed by atoms with Gasteiger partial charge in [0.25, 0.3) is 5.91 Å². The fourth-order valence-corrected chi connectivity index (χ4v) is 7.17. The molecule has 4 heterocycles. The van der Waals surface area contributed by atoms with E-state index in [9.17, 15) is 13.2 Å². The average molecular weight is 417 g/mol. The third-order valence-electron chi connectivity index (χ3n) is 6.50. The predicted molar refractivity (Wildman–Crippen MR) is 103 cm³/mol. The molecule has 9 nitrogen and oxygen atoms in total. The Balaban J connectivity index is 1.31. The number of fused-ring (bicyclic) bond motifs is 1. The molecule has 2 aromatic heterocycles. The van der Waals surface area contributed by atoms with E-state index in [0.717, 1.165) is 36.2 Å². The maximum absolute atomic E-state index is 12.9. The first-order chi connectivity index (χ1) is 13.9. The molecule has 154 valence electrons. The van der Waals surface area contributed by atoms with Crippen molar-refractivity contribution in [3.05, 3.63) is 34.9 Å². The number of amides is 1. The Hall–Kier alpha value is -2.49. The van der Waals surface area contributed by atoms with Gasteiger partial charge in [0, 0.05) is 42.2 Å². The fourth-order valence-electron chi connectivity index (χ4n) is 4.77. The smallest absolute Gasteiger partial charge is 0.316 e. The van der Waals surface area contributed by atoms with Gasteiger partial charge in [0.15, 0.2) is 15.5 Å². The summed E-state index contributed by atoms with van der Waals surface area (Å²) in [6.45, 7) is 2.46. The number of nitrogens with zero attached hydrogens (tertiary/aromatic N) is 4. The molecule has 2 fully saturated rings. The van der Waals surface area contributed by atoms with Gasteiger partial charge in [-0.1, -0.05) is 0 Å². The minimum absolute atomic E-state index is 0.121. The van der Waals surface area contributed by atoms with Crippen molar-refractivity contribution >= 4 is 15.7 Å². The summed E-state index contributed by atoms with van der Waals surface area (Å²) in [5, 5.41) is 7.14. The molecule has 0 aromatic carbocycles. The third-order valence-corrected chi connectivity index (χ3v) is 9.10. The van der Waals surface area contributed by atoms with Crippen molar-refractivity contribution in [3.8, 4) is 6.01 Å². The largest absolute Gasteiger partial charge is 0.463 e. The topological polar surface area (TPSA) is 118 Å². The first-order valence-electron chi connectivity index (χ1n) is 9.90. The molecule has 3 aliphatic rings. The zero-order valence-corrected chi connectivity index (χ0v) is 17.0. The van der Waals surface area contributed by atoms with Crippen molar-refractivity contribution in [2.75, 3.05) is 25.4 Å². The molecular weight excluding hydrogens is 394 g/mol. The Morgan fingerprint density at radius 2 is 2.21 bits per heavy atom. The maximum Gasteiger partial charge on any atom is 0.316 e. The van der Waals surface area contributed by atoms with E-state index in [0.29, 0.717) is 12.1 Å². The highest BCUT2D eigenvalue weighted by Crippen LogP contribution is 2.45. The number of carbonyl (C=O) groups is 1. The Kier molecular flexibility index (Phi) is 4.16. The first kappa shape index (κ1) is 18.5. The highest BCUT2D eigenvalue weighted by molar-refractivity contribution is 7.93. The number of likely N-dealkylation sites (tertiary alicyclic amines) is 1. The number of sulfone groups is 1. The summed E-state index contributed by atoms with van der Waals surface area (Å²) in [7, 11) is -3.30. The molecule has 0 saturated carbocycles. The Bertz CT molecular complexity index is 1070. The molecule has 0 radical (unpaired) electrons. The van der Waals surface area contributed by atoms with Crippen LogP contribution in [0.2, 0.25) is 0 Å². The number of aromatic amines is 1. The second-order valence-corrected chi connectivity index (χ2v) is 10.7. The van der Waals surface area contributed by atoms with Crippen molar-refractivity contribution in [3.63, 3.8) is 0 Å². The van der Waals surface area contributed by atoms with Crippen molar-refractivity contribution in [2.24, 2.45) is 5.92 Å². The maximum atomic E-state index is 12.9. The summed E-state index contributed by atoms with van der Waals surface area (Å²) in [6, 6.07) is 2.03. The summed E-state index contributed by atoms with van der Waals surface area (Å²) < 4.78 is 30.5. The third kappa shape index (κ3) is 2.84. The van der Waals surface area contributed by atoms with Crippen LogP contribution in [0.1, 0.15) is 40.3 Å². The zero-order valence-electron chi connectivity index (χ0n) is 16.2. The molecule has 1 unspecified atom stereocenters. The molecule has 1 aliphatic carbocycles. The van der Waals surface area contributed by atoms with Crippen molar-refractivity contribution in [1.82, 2.24) is 25.1 Å². The summed E-state index contributed by atoms with van der Waals surface area (Å²) in [5.41, 5.74) is 3.25. The van der Waals surface area contributed by atoms with E-state index in [2.05, 4.69) is 20.2 Å². The van der Waals surface area contributed by atoms with Crippen LogP contribution in [-0.4, -0.2) is 69.6 Å².